The van der Waals surface area contributed by atoms with Crippen LogP contribution in [-0.4, -0.2) is 20.8 Å². The lowest BCUT2D eigenvalue weighted by molar-refractivity contribution is 0.0746. The highest BCUT2D eigenvalue weighted by atomic mass is 79.9. The van der Waals surface area contributed by atoms with Gasteiger partial charge in [-0.05, 0) is 24.3 Å². The standard InChI is InChI=1S/C13H9BrFN3O2/c14-18(13(20)10-3-1-2-4-11(10)15)17-12(19)9-5-7-16-8-6-9/h1-8H,(H,17,19). The molecule has 0 bridgehead atoms. The van der Waals surface area contributed by atoms with E-state index in [0.29, 0.717) is 5.56 Å². The minimum atomic E-state index is -0.717. The van der Waals surface area contributed by atoms with E-state index in [1.807, 2.05) is 0 Å². The molecular weight excluding hydrogens is 329 g/mol. The fourth-order valence-corrected chi connectivity index (χ4v) is 1.80. The molecule has 0 fully saturated rings. The predicted octanol–water partition coefficient (Wildman–Crippen LogP) is 2.32. The summed E-state index contributed by atoms with van der Waals surface area (Å²) in [5.74, 6) is -1.90. The van der Waals surface area contributed by atoms with E-state index in [1.165, 1.54) is 48.8 Å². The monoisotopic (exact) mass is 337 g/mol. The SMILES string of the molecule is O=C(NN(Br)C(=O)c1ccccc1F)c1ccncc1. The van der Waals surface area contributed by atoms with Gasteiger partial charge in [0.25, 0.3) is 11.8 Å². The summed E-state index contributed by atoms with van der Waals surface area (Å²) in [6, 6.07) is 8.47. The molecule has 1 aromatic heterocycles. The van der Waals surface area contributed by atoms with Crippen molar-refractivity contribution >= 4 is 28.0 Å². The number of hydrogen-bond donors (Lipinski definition) is 1. The lowest BCUT2D eigenvalue weighted by Crippen LogP contribution is -2.39. The molecule has 0 radical (unpaired) electrons. The van der Waals surface area contributed by atoms with Crippen molar-refractivity contribution in [1.29, 1.82) is 0 Å². The lowest BCUT2D eigenvalue weighted by Gasteiger charge is -2.15. The number of benzene rings is 1. The molecule has 102 valence electrons. The first kappa shape index (κ1) is 14.1. The van der Waals surface area contributed by atoms with Gasteiger partial charge in [0, 0.05) is 18.0 Å². The van der Waals surface area contributed by atoms with E-state index in [-0.39, 0.29) is 5.56 Å². The van der Waals surface area contributed by atoms with Gasteiger partial charge >= 0.3 is 0 Å². The van der Waals surface area contributed by atoms with Crippen molar-refractivity contribution in [3.63, 3.8) is 0 Å². The van der Waals surface area contributed by atoms with Crippen LogP contribution < -0.4 is 5.43 Å². The van der Waals surface area contributed by atoms with Gasteiger partial charge in [-0.25, -0.2) is 4.39 Å². The van der Waals surface area contributed by atoms with E-state index in [0.717, 1.165) is 4.03 Å². The molecule has 0 aliphatic rings. The van der Waals surface area contributed by atoms with Crippen molar-refractivity contribution in [1.82, 2.24) is 14.4 Å². The fourth-order valence-electron chi connectivity index (χ4n) is 1.45. The van der Waals surface area contributed by atoms with Crippen molar-refractivity contribution in [2.45, 2.75) is 0 Å². The number of amides is 2. The van der Waals surface area contributed by atoms with Crippen molar-refractivity contribution in [2.24, 2.45) is 0 Å². The van der Waals surface area contributed by atoms with Crippen LogP contribution in [0.15, 0.2) is 48.8 Å². The van der Waals surface area contributed by atoms with Gasteiger partial charge in [-0.2, -0.15) is 4.03 Å². The number of nitrogens with zero attached hydrogens (tertiary/aromatic N) is 2. The summed E-state index contributed by atoms with van der Waals surface area (Å²) >= 11 is 2.88. The van der Waals surface area contributed by atoms with Gasteiger partial charge in [0.15, 0.2) is 0 Å². The molecule has 1 N–H and O–H groups in total. The summed E-state index contributed by atoms with van der Waals surface area (Å²) in [7, 11) is 0. The Kier molecular flexibility index (Phi) is 4.41. The number of carbonyl (C=O) groups excluding carboxylic acids is 2. The van der Waals surface area contributed by atoms with Gasteiger partial charge in [0.1, 0.15) is 5.82 Å². The van der Waals surface area contributed by atoms with E-state index in [2.05, 4.69) is 26.6 Å². The highest BCUT2D eigenvalue weighted by molar-refractivity contribution is 9.07. The van der Waals surface area contributed by atoms with E-state index in [1.54, 1.807) is 0 Å². The van der Waals surface area contributed by atoms with Crippen LogP contribution in [0.25, 0.3) is 0 Å². The van der Waals surface area contributed by atoms with Gasteiger partial charge in [-0.1, -0.05) is 12.1 Å². The van der Waals surface area contributed by atoms with Gasteiger partial charge in [0.05, 0.1) is 21.7 Å². The normalized spacial score (nSPS) is 9.90. The molecule has 2 amide bonds. The minimum absolute atomic E-state index is 0.153. The molecule has 0 aliphatic carbocycles. The Bertz CT molecular complexity index is 637. The number of halogens is 2. The molecule has 20 heavy (non-hydrogen) atoms. The average Bonchev–Trinajstić information content (AvgIpc) is 2.48. The lowest BCUT2D eigenvalue weighted by atomic mass is 10.2. The minimum Gasteiger partial charge on any atom is -0.267 e. The van der Waals surface area contributed by atoms with Gasteiger partial charge < -0.3 is 0 Å². The zero-order valence-corrected chi connectivity index (χ0v) is 11.7. The molecule has 0 saturated heterocycles. The number of aromatic nitrogens is 1. The van der Waals surface area contributed by atoms with Crippen LogP contribution in [0.4, 0.5) is 4.39 Å². The predicted molar refractivity (Wildman–Crippen MR) is 73.2 cm³/mol. The fraction of sp³-hybridized carbons (Fsp3) is 0. The zero-order chi connectivity index (χ0) is 14.5. The maximum Gasteiger partial charge on any atom is 0.285 e. The topological polar surface area (TPSA) is 62.3 Å². The number of carbonyl (C=O) groups is 2. The summed E-state index contributed by atoms with van der Waals surface area (Å²) < 4.78 is 14.2. The molecular formula is C13H9BrFN3O2. The van der Waals surface area contributed by atoms with Crippen LogP contribution in [0, 0.1) is 5.82 Å². The van der Waals surface area contributed by atoms with Gasteiger partial charge in [-0.15, -0.1) is 0 Å². The average molecular weight is 338 g/mol. The first-order chi connectivity index (χ1) is 9.59. The van der Waals surface area contributed by atoms with Crippen LogP contribution >= 0.6 is 16.1 Å². The van der Waals surface area contributed by atoms with Crippen LogP contribution in [0.3, 0.4) is 0 Å². The molecule has 2 aromatic rings. The Morgan fingerprint density at radius 1 is 1.15 bits per heavy atom. The summed E-state index contributed by atoms with van der Waals surface area (Å²) in [4.78, 5) is 27.5. The highest BCUT2D eigenvalue weighted by Gasteiger charge is 2.19. The number of nitrogens with one attached hydrogen (secondary N) is 1. The molecule has 1 aromatic carbocycles. The molecule has 0 atom stereocenters. The van der Waals surface area contributed by atoms with Crippen LogP contribution in [-0.2, 0) is 0 Å². The summed E-state index contributed by atoms with van der Waals surface area (Å²) in [6.45, 7) is 0. The highest BCUT2D eigenvalue weighted by Crippen LogP contribution is 2.11. The van der Waals surface area contributed by atoms with Crippen LogP contribution in [0.1, 0.15) is 20.7 Å². The van der Waals surface area contributed by atoms with Crippen LogP contribution in [0.5, 0.6) is 0 Å². The Morgan fingerprint density at radius 3 is 2.45 bits per heavy atom. The molecule has 7 heteroatoms. The molecule has 2 rings (SSSR count). The second-order valence-corrected chi connectivity index (χ2v) is 4.45. The van der Waals surface area contributed by atoms with Crippen molar-refractivity contribution in [3.8, 4) is 0 Å². The summed E-state index contributed by atoms with van der Waals surface area (Å²) in [5, 5.41) is 0. The first-order valence-electron chi connectivity index (χ1n) is 5.55. The molecule has 0 unspecified atom stereocenters. The maximum absolute atomic E-state index is 13.5. The zero-order valence-electron chi connectivity index (χ0n) is 10.1. The largest absolute Gasteiger partial charge is 0.285 e. The Labute approximate surface area is 122 Å². The first-order valence-corrected chi connectivity index (χ1v) is 6.26. The molecule has 5 nitrogen and oxygen atoms in total. The molecule has 1 heterocycles. The Morgan fingerprint density at radius 2 is 1.80 bits per heavy atom. The van der Waals surface area contributed by atoms with Crippen molar-refractivity contribution < 1.29 is 14.0 Å². The van der Waals surface area contributed by atoms with Gasteiger partial charge in [-0.3, -0.25) is 20.0 Å². The van der Waals surface area contributed by atoms with E-state index in [4.69, 9.17) is 0 Å². The quantitative estimate of drug-likeness (QED) is 0.675. The molecule has 0 saturated carbocycles. The summed E-state index contributed by atoms with van der Waals surface area (Å²) in [6.07, 6.45) is 2.90. The maximum atomic E-state index is 13.5. The third-order valence-corrected chi connectivity index (χ3v) is 2.92. The van der Waals surface area contributed by atoms with E-state index >= 15 is 0 Å². The number of hydrogen-bond acceptors (Lipinski definition) is 3. The Balaban J connectivity index is 2.09. The molecule has 0 spiro atoms. The third kappa shape index (κ3) is 3.18. The van der Waals surface area contributed by atoms with Crippen LogP contribution in [0.2, 0.25) is 0 Å². The number of hydrazine groups is 1. The third-order valence-electron chi connectivity index (χ3n) is 2.42. The molecule has 0 aliphatic heterocycles. The smallest absolute Gasteiger partial charge is 0.267 e. The second-order valence-electron chi connectivity index (χ2n) is 3.74. The second kappa shape index (κ2) is 6.25. The number of rotatable bonds is 2. The summed E-state index contributed by atoms with van der Waals surface area (Å²) in [5.41, 5.74) is 2.46. The number of pyridine rings is 1. The van der Waals surface area contributed by atoms with Crippen molar-refractivity contribution in [3.05, 3.63) is 65.7 Å². The van der Waals surface area contributed by atoms with E-state index in [9.17, 15) is 14.0 Å². The van der Waals surface area contributed by atoms with E-state index < -0.39 is 17.6 Å². The Hall–Kier alpha value is -2.28. The van der Waals surface area contributed by atoms with Gasteiger partial charge in [0.2, 0.25) is 0 Å². The van der Waals surface area contributed by atoms with Crippen molar-refractivity contribution in [2.75, 3.05) is 0 Å².